The molecule has 0 aliphatic carbocycles. The number of benzene rings is 2. The number of halogens is 2. The average molecular weight is 427 g/mol. The van der Waals surface area contributed by atoms with E-state index in [1.807, 2.05) is 12.1 Å². The Bertz CT molecular complexity index is 1090. The molecule has 0 radical (unpaired) electrons. The van der Waals surface area contributed by atoms with Crippen LogP contribution in [0, 0.1) is 0 Å². The zero-order valence-electron chi connectivity index (χ0n) is 15.2. The number of Topliss-reactive ketones (excluding diaryl/α,β-unsaturated/α-hetero) is 1. The number of aliphatic hydroxyl groups is 1. The van der Waals surface area contributed by atoms with Gasteiger partial charge in [-0.25, -0.2) is 0 Å². The van der Waals surface area contributed by atoms with Crippen LogP contribution in [-0.2, 0) is 16.9 Å². The Morgan fingerprint density at radius 2 is 1.66 bits per heavy atom. The number of anilines is 1. The van der Waals surface area contributed by atoms with Gasteiger partial charge in [-0.15, -0.1) is 0 Å². The highest BCUT2D eigenvalue weighted by Gasteiger charge is 2.51. The molecular weight excluding hydrogens is 411 g/mol. The number of carbonyl (C=O) groups is 2. The molecule has 0 spiro atoms. The van der Waals surface area contributed by atoms with Crippen molar-refractivity contribution >= 4 is 40.6 Å². The van der Waals surface area contributed by atoms with Gasteiger partial charge in [-0.05, 0) is 48.0 Å². The molecule has 3 aromatic rings. The van der Waals surface area contributed by atoms with Gasteiger partial charge in [0, 0.05) is 33.6 Å². The molecular formula is C22H16Cl2N2O3. The van der Waals surface area contributed by atoms with Gasteiger partial charge in [-0.1, -0.05) is 35.3 Å². The molecule has 146 valence electrons. The first kappa shape index (κ1) is 19.6. The van der Waals surface area contributed by atoms with Gasteiger partial charge in [-0.3, -0.25) is 14.6 Å². The molecule has 1 amide bonds. The smallest absolute Gasteiger partial charge is 0.264 e. The zero-order valence-corrected chi connectivity index (χ0v) is 16.7. The maximum absolute atomic E-state index is 13.3. The normalized spacial score (nSPS) is 18.0. The fourth-order valence-corrected chi connectivity index (χ4v) is 3.79. The number of carbonyl (C=O) groups excluding carboxylic acids is 2. The summed E-state index contributed by atoms with van der Waals surface area (Å²) in [4.78, 5) is 31.4. The third-order valence-corrected chi connectivity index (χ3v) is 5.45. The molecule has 0 saturated heterocycles. The van der Waals surface area contributed by atoms with Crippen LogP contribution in [0.5, 0.6) is 0 Å². The summed E-state index contributed by atoms with van der Waals surface area (Å²) in [6, 6.07) is 15.1. The Kier molecular flexibility index (Phi) is 5.13. The van der Waals surface area contributed by atoms with Crippen molar-refractivity contribution in [2.24, 2.45) is 0 Å². The highest BCUT2D eigenvalue weighted by atomic mass is 35.5. The molecule has 29 heavy (non-hydrogen) atoms. The van der Waals surface area contributed by atoms with E-state index in [9.17, 15) is 14.7 Å². The maximum atomic E-state index is 13.3. The first-order valence-corrected chi connectivity index (χ1v) is 9.66. The van der Waals surface area contributed by atoms with E-state index in [-0.39, 0.29) is 18.7 Å². The van der Waals surface area contributed by atoms with Crippen LogP contribution < -0.4 is 4.90 Å². The predicted octanol–water partition coefficient (Wildman–Crippen LogP) is 4.40. The van der Waals surface area contributed by atoms with Crippen molar-refractivity contribution in [2.45, 2.75) is 18.6 Å². The highest BCUT2D eigenvalue weighted by Crippen LogP contribution is 2.44. The summed E-state index contributed by atoms with van der Waals surface area (Å²) in [7, 11) is 0. The molecule has 7 heteroatoms. The summed E-state index contributed by atoms with van der Waals surface area (Å²) in [5.74, 6) is -0.922. The number of rotatable bonds is 5. The topological polar surface area (TPSA) is 70.5 Å². The van der Waals surface area contributed by atoms with E-state index in [1.165, 1.54) is 23.4 Å². The molecule has 2 aromatic carbocycles. The number of ketones is 1. The first-order chi connectivity index (χ1) is 13.9. The third kappa shape index (κ3) is 3.65. The molecule has 1 atom stereocenters. The summed E-state index contributed by atoms with van der Waals surface area (Å²) in [6.07, 6.45) is 2.59. The zero-order chi connectivity index (χ0) is 20.6. The molecule has 0 bridgehead atoms. The second kappa shape index (κ2) is 7.59. The number of hydrogen-bond acceptors (Lipinski definition) is 4. The molecule has 5 nitrogen and oxygen atoms in total. The lowest BCUT2D eigenvalue weighted by atomic mass is 9.88. The van der Waals surface area contributed by atoms with Gasteiger partial charge in [0.1, 0.15) is 0 Å². The predicted molar refractivity (Wildman–Crippen MR) is 111 cm³/mol. The van der Waals surface area contributed by atoms with Crippen molar-refractivity contribution in [3.8, 4) is 0 Å². The molecule has 1 aliphatic rings. The van der Waals surface area contributed by atoms with Crippen molar-refractivity contribution in [1.82, 2.24) is 4.98 Å². The molecule has 0 fully saturated rings. The van der Waals surface area contributed by atoms with Crippen molar-refractivity contribution in [3.63, 3.8) is 0 Å². The highest BCUT2D eigenvalue weighted by molar-refractivity contribution is 6.31. The minimum absolute atomic E-state index is 0.233. The van der Waals surface area contributed by atoms with Crippen LogP contribution in [0.1, 0.15) is 27.9 Å². The van der Waals surface area contributed by atoms with E-state index in [2.05, 4.69) is 4.98 Å². The largest absolute Gasteiger partial charge is 0.375 e. The number of hydrogen-bond donors (Lipinski definition) is 1. The van der Waals surface area contributed by atoms with E-state index in [1.54, 1.807) is 36.4 Å². The number of amides is 1. The summed E-state index contributed by atoms with van der Waals surface area (Å²) in [5, 5.41) is 12.3. The standard InChI is InChI=1S/C22H16Cl2N2O3/c23-16-3-1-14(2-4-16)13-26-19-6-5-17(24)11-18(19)22(29,21(26)28)12-20(27)15-7-9-25-10-8-15/h1-11,29H,12-13H2. The van der Waals surface area contributed by atoms with Crippen LogP contribution in [0.25, 0.3) is 0 Å². The van der Waals surface area contributed by atoms with Crippen LogP contribution >= 0.6 is 23.2 Å². The molecule has 2 heterocycles. The van der Waals surface area contributed by atoms with Gasteiger partial charge in [0.25, 0.3) is 5.91 Å². The van der Waals surface area contributed by atoms with E-state index in [0.29, 0.717) is 26.9 Å². The van der Waals surface area contributed by atoms with Crippen LogP contribution in [0.4, 0.5) is 5.69 Å². The van der Waals surface area contributed by atoms with E-state index in [4.69, 9.17) is 23.2 Å². The summed E-state index contributed by atoms with van der Waals surface area (Å²) in [6.45, 7) is 0.233. The second-order valence-electron chi connectivity index (χ2n) is 6.88. The molecule has 1 unspecified atom stereocenters. The SMILES string of the molecule is O=C(CC1(O)C(=O)N(Cc2ccc(Cl)cc2)c2ccc(Cl)cc21)c1ccncc1. The molecule has 0 saturated carbocycles. The fraction of sp³-hybridized carbons (Fsp3) is 0.136. The van der Waals surface area contributed by atoms with Crippen LogP contribution in [0.15, 0.2) is 67.0 Å². The van der Waals surface area contributed by atoms with E-state index in [0.717, 1.165) is 5.56 Å². The Labute approximate surface area is 177 Å². The maximum Gasteiger partial charge on any atom is 0.264 e. The molecule has 1 aliphatic heterocycles. The second-order valence-corrected chi connectivity index (χ2v) is 7.75. The molecule has 1 N–H and O–H groups in total. The quantitative estimate of drug-likeness (QED) is 0.613. The Morgan fingerprint density at radius 3 is 2.34 bits per heavy atom. The van der Waals surface area contributed by atoms with Gasteiger partial charge in [0.05, 0.1) is 18.7 Å². The van der Waals surface area contributed by atoms with Crippen molar-refractivity contribution in [3.05, 3.63) is 93.7 Å². The molecule has 4 rings (SSSR count). The number of fused-ring (bicyclic) bond motifs is 1. The van der Waals surface area contributed by atoms with E-state index < -0.39 is 11.5 Å². The Balaban J connectivity index is 1.71. The average Bonchev–Trinajstić information content (AvgIpc) is 2.92. The van der Waals surface area contributed by atoms with Gasteiger partial charge in [-0.2, -0.15) is 0 Å². The third-order valence-electron chi connectivity index (χ3n) is 4.97. The molecule has 1 aromatic heterocycles. The lowest BCUT2D eigenvalue weighted by Crippen LogP contribution is -2.41. The lowest BCUT2D eigenvalue weighted by Gasteiger charge is -2.23. The van der Waals surface area contributed by atoms with E-state index >= 15 is 0 Å². The van der Waals surface area contributed by atoms with Crippen molar-refractivity contribution < 1.29 is 14.7 Å². The van der Waals surface area contributed by atoms with Gasteiger partial charge in [0.15, 0.2) is 11.4 Å². The summed E-state index contributed by atoms with van der Waals surface area (Å²) in [5.41, 5.74) is 0.0765. The summed E-state index contributed by atoms with van der Waals surface area (Å²) >= 11 is 12.1. The minimum Gasteiger partial charge on any atom is -0.375 e. The summed E-state index contributed by atoms with van der Waals surface area (Å²) < 4.78 is 0. The van der Waals surface area contributed by atoms with Gasteiger partial charge >= 0.3 is 0 Å². The van der Waals surface area contributed by atoms with Gasteiger partial charge < -0.3 is 10.0 Å². The Morgan fingerprint density at radius 1 is 1.00 bits per heavy atom. The van der Waals surface area contributed by atoms with Crippen molar-refractivity contribution in [2.75, 3.05) is 4.90 Å². The number of pyridine rings is 1. The number of nitrogens with zero attached hydrogens (tertiary/aromatic N) is 2. The van der Waals surface area contributed by atoms with Crippen LogP contribution in [0.2, 0.25) is 10.0 Å². The Hall–Kier alpha value is -2.73. The van der Waals surface area contributed by atoms with Crippen molar-refractivity contribution in [1.29, 1.82) is 0 Å². The van der Waals surface area contributed by atoms with Crippen LogP contribution in [0.3, 0.4) is 0 Å². The monoisotopic (exact) mass is 426 g/mol. The number of aromatic nitrogens is 1. The first-order valence-electron chi connectivity index (χ1n) is 8.90. The van der Waals surface area contributed by atoms with Gasteiger partial charge in [0.2, 0.25) is 0 Å². The minimum atomic E-state index is -1.99. The van der Waals surface area contributed by atoms with Crippen LogP contribution in [-0.4, -0.2) is 21.8 Å². The fourth-order valence-electron chi connectivity index (χ4n) is 3.50. The lowest BCUT2D eigenvalue weighted by molar-refractivity contribution is -0.136.